The normalized spacial score (nSPS) is 16.2. The lowest BCUT2D eigenvalue weighted by molar-refractivity contribution is -0.133. The number of piperidine rings is 1. The molecule has 23 heavy (non-hydrogen) atoms. The fourth-order valence-corrected chi connectivity index (χ4v) is 3.81. The number of nitrogens with zero attached hydrogens (tertiary/aromatic N) is 2. The third-order valence-electron chi connectivity index (χ3n) is 4.03. The highest BCUT2D eigenvalue weighted by molar-refractivity contribution is 7.16. The van der Waals surface area contributed by atoms with Crippen LogP contribution in [0.3, 0.4) is 0 Å². The summed E-state index contributed by atoms with van der Waals surface area (Å²) in [7, 11) is 0. The van der Waals surface area contributed by atoms with Gasteiger partial charge in [0.15, 0.2) is 0 Å². The van der Waals surface area contributed by atoms with Gasteiger partial charge in [-0.05, 0) is 38.1 Å². The first kappa shape index (κ1) is 18.0. The number of rotatable bonds is 7. The molecule has 1 aromatic rings. The lowest BCUT2D eigenvalue weighted by Gasteiger charge is -2.31. The fourth-order valence-electron chi connectivity index (χ4n) is 2.70. The monoisotopic (exact) mass is 355 g/mol. The van der Waals surface area contributed by atoms with Crippen molar-refractivity contribution in [3.8, 4) is 0 Å². The molecule has 2 amide bonds. The van der Waals surface area contributed by atoms with Gasteiger partial charge < -0.3 is 10.6 Å². The topological polar surface area (TPSA) is 66.6 Å². The first-order valence-corrected chi connectivity index (χ1v) is 8.83. The molecule has 0 aromatic carbocycles. The van der Waals surface area contributed by atoms with Gasteiger partial charge >= 0.3 is 0 Å². The number of halogens is 1. The maximum atomic E-state index is 12.5. The Hall–Kier alpha value is -1.37. The molecular formula is C16H22ClN3O2S. The van der Waals surface area contributed by atoms with E-state index in [1.54, 1.807) is 11.0 Å². The molecule has 1 aliphatic heterocycles. The van der Waals surface area contributed by atoms with E-state index in [-0.39, 0.29) is 17.7 Å². The van der Waals surface area contributed by atoms with E-state index in [0.29, 0.717) is 19.6 Å². The molecule has 0 spiro atoms. The summed E-state index contributed by atoms with van der Waals surface area (Å²) < 4.78 is 0.722. The van der Waals surface area contributed by atoms with Crippen LogP contribution in [0.1, 0.15) is 17.7 Å². The summed E-state index contributed by atoms with van der Waals surface area (Å²) >= 11 is 7.43. The van der Waals surface area contributed by atoms with E-state index in [0.717, 1.165) is 35.1 Å². The number of amides is 2. The van der Waals surface area contributed by atoms with Gasteiger partial charge in [-0.25, -0.2) is 0 Å². The Labute approximate surface area is 145 Å². The number of hydrogen-bond acceptors (Lipinski definition) is 4. The molecule has 0 unspecified atom stereocenters. The van der Waals surface area contributed by atoms with Gasteiger partial charge in [0.2, 0.25) is 11.8 Å². The summed E-state index contributed by atoms with van der Waals surface area (Å²) in [5, 5.41) is 0. The highest BCUT2D eigenvalue weighted by atomic mass is 35.5. The van der Waals surface area contributed by atoms with Crippen molar-refractivity contribution in [1.29, 1.82) is 0 Å². The molecule has 1 fully saturated rings. The van der Waals surface area contributed by atoms with E-state index >= 15 is 0 Å². The van der Waals surface area contributed by atoms with Gasteiger partial charge in [0.25, 0.3) is 0 Å². The summed E-state index contributed by atoms with van der Waals surface area (Å²) in [6, 6.07) is 3.78. The van der Waals surface area contributed by atoms with Crippen molar-refractivity contribution in [2.75, 3.05) is 26.2 Å². The molecular weight excluding hydrogens is 334 g/mol. The maximum Gasteiger partial charge on any atom is 0.237 e. The van der Waals surface area contributed by atoms with Crippen LogP contribution in [0.25, 0.3) is 0 Å². The molecule has 2 heterocycles. The van der Waals surface area contributed by atoms with Gasteiger partial charge in [-0.1, -0.05) is 17.7 Å². The van der Waals surface area contributed by atoms with Crippen molar-refractivity contribution in [2.45, 2.75) is 19.4 Å². The molecule has 2 N–H and O–H groups in total. The zero-order valence-electron chi connectivity index (χ0n) is 13.0. The SMILES string of the molecule is C=CCN(Cc1ccc(Cl)s1)C(=O)CN1CCC(C(N)=O)CC1. The quantitative estimate of drug-likeness (QED) is 0.762. The van der Waals surface area contributed by atoms with E-state index in [2.05, 4.69) is 11.5 Å². The van der Waals surface area contributed by atoms with Crippen LogP contribution in [0.15, 0.2) is 24.8 Å². The lowest BCUT2D eigenvalue weighted by Crippen LogP contribution is -2.44. The molecule has 0 aliphatic carbocycles. The molecule has 0 radical (unpaired) electrons. The van der Waals surface area contributed by atoms with Gasteiger partial charge in [0.1, 0.15) is 0 Å². The number of hydrogen-bond donors (Lipinski definition) is 1. The number of likely N-dealkylation sites (tertiary alicyclic amines) is 1. The molecule has 1 aliphatic rings. The molecule has 1 aromatic heterocycles. The second-order valence-corrected chi connectivity index (χ2v) is 7.52. The van der Waals surface area contributed by atoms with E-state index < -0.39 is 0 Å². The van der Waals surface area contributed by atoms with Crippen LogP contribution >= 0.6 is 22.9 Å². The number of nitrogens with two attached hydrogens (primary N) is 1. The van der Waals surface area contributed by atoms with Crippen molar-refractivity contribution in [3.05, 3.63) is 34.0 Å². The van der Waals surface area contributed by atoms with Gasteiger partial charge in [0.05, 0.1) is 17.4 Å². The zero-order chi connectivity index (χ0) is 16.8. The van der Waals surface area contributed by atoms with Crippen LogP contribution in [0.2, 0.25) is 4.34 Å². The Balaban J connectivity index is 1.88. The molecule has 126 valence electrons. The van der Waals surface area contributed by atoms with Crippen LogP contribution in [0.5, 0.6) is 0 Å². The second-order valence-electron chi connectivity index (χ2n) is 5.72. The van der Waals surface area contributed by atoms with Crippen molar-refractivity contribution in [1.82, 2.24) is 9.80 Å². The Morgan fingerprint density at radius 2 is 2.13 bits per heavy atom. The molecule has 5 nitrogen and oxygen atoms in total. The average Bonchev–Trinajstić information content (AvgIpc) is 2.92. The minimum atomic E-state index is -0.237. The largest absolute Gasteiger partial charge is 0.369 e. The number of carbonyl (C=O) groups is 2. The van der Waals surface area contributed by atoms with Crippen molar-refractivity contribution >= 4 is 34.8 Å². The predicted molar refractivity (Wildman–Crippen MR) is 93.3 cm³/mol. The third-order valence-corrected chi connectivity index (χ3v) is 5.24. The molecule has 7 heteroatoms. The van der Waals surface area contributed by atoms with Crippen LogP contribution in [0, 0.1) is 5.92 Å². The minimum Gasteiger partial charge on any atom is -0.369 e. The van der Waals surface area contributed by atoms with Crippen molar-refractivity contribution in [2.24, 2.45) is 11.7 Å². The van der Waals surface area contributed by atoms with Crippen LogP contribution in [0.4, 0.5) is 0 Å². The molecule has 0 atom stereocenters. The summed E-state index contributed by atoms with van der Waals surface area (Å²) in [5.41, 5.74) is 5.34. The van der Waals surface area contributed by atoms with Gasteiger partial charge in [-0.3, -0.25) is 14.5 Å². The van der Waals surface area contributed by atoms with E-state index in [1.807, 2.05) is 12.1 Å². The lowest BCUT2D eigenvalue weighted by atomic mass is 9.96. The van der Waals surface area contributed by atoms with Crippen LogP contribution < -0.4 is 5.73 Å². The predicted octanol–water partition coefficient (Wildman–Crippen LogP) is 2.11. The molecule has 0 saturated carbocycles. The highest BCUT2D eigenvalue weighted by Gasteiger charge is 2.25. The second kappa shape index (κ2) is 8.47. The Bertz CT molecular complexity index is 567. The Morgan fingerprint density at radius 3 is 2.65 bits per heavy atom. The van der Waals surface area contributed by atoms with Crippen LogP contribution in [-0.2, 0) is 16.1 Å². The standard InChI is InChI=1S/C16H22ClN3O2S/c1-2-7-20(10-13-3-4-14(17)23-13)15(21)11-19-8-5-12(6-9-19)16(18)22/h2-4,12H,1,5-11H2,(H2,18,22). The van der Waals surface area contributed by atoms with Crippen molar-refractivity contribution < 1.29 is 9.59 Å². The number of thiophene rings is 1. The summed E-state index contributed by atoms with van der Waals surface area (Å²) in [6.45, 7) is 6.59. The summed E-state index contributed by atoms with van der Waals surface area (Å²) in [4.78, 5) is 28.6. The average molecular weight is 356 g/mol. The van der Waals surface area contributed by atoms with Gasteiger partial charge in [-0.2, -0.15) is 0 Å². The van der Waals surface area contributed by atoms with Gasteiger partial charge in [-0.15, -0.1) is 17.9 Å². The molecule has 0 bridgehead atoms. The van der Waals surface area contributed by atoms with E-state index in [9.17, 15) is 9.59 Å². The summed E-state index contributed by atoms with van der Waals surface area (Å²) in [5.74, 6) is -0.232. The fraction of sp³-hybridized carbons (Fsp3) is 0.500. The molecule has 2 rings (SSSR count). The number of carbonyl (C=O) groups excluding carboxylic acids is 2. The highest BCUT2D eigenvalue weighted by Crippen LogP contribution is 2.23. The molecule has 1 saturated heterocycles. The van der Waals surface area contributed by atoms with Crippen molar-refractivity contribution in [3.63, 3.8) is 0 Å². The van der Waals surface area contributed by atoms with E-state index in [1.165, 1.54) is 11.3 Å². The zero-order valence-corrected chi connectivity index (χ0v) is 14.6. The Morgan fingerprint density at radius 1 is 1.43 bits per heavy atom. The smallest absolute Gasteiger partial charge is 0.237 e. The summed E-state index contributed by atoms with van der Waals surface area (Å²) in [6.07, 6.45) is 3.18. The third kappa shape index (κ3) is 5.34. The maximum absolute atomic E-state index is 12.5. The number of primary amides is 1. The first-order valence-electron chi connectivity index (χ1n) is 7.64. The Kier molecular flexibility index (Phi) is 6.62. The first-order chi connectivity index (χ1) is 11.0. The van der Waals surface area contributed by atoms with Gasteiger partial charge in [0, 0.05) is 17.3 Å². The van der Waals surface area contributed by atoms with E-state index in [4.69, 9.17) is 17.3 Å². The minimum absolute atomic E-state index is 0.0566. The van der Waals surface area contributed by atoms with Crippen LogP contribution in [-0.4, -0.2) is 47.8 Å².